The molecule has 6 heterocycles. The molecule has 16 nitrogen and oxygen atoms in total. The molecule has 0 bridgehead atoms. The van der Waals surface area contributed by atoms with Crippen molar-refractivity contribution in [2.75, 3.05) is 9.80 Å². The molecule has 0 amide bonds. The topological polar surface area (TPSA) is 268 Å². The minimum absolute atomic E-state index is 0. The minimum Gasteiger partial charge on any atom is -0.262 e. The van der Waals surface area contributed by atoms with E-state index in [2.05, 4.69) is 29.9 Å². The van der Waals surface area contributed by atoms with Crippen LogP contribution in [0, 0.1) is 20.5 Å². The summed E-state index contributed by atoms with van der Waals surface area (Å²) in [6.07, 6.45) is 10.5. The predicted octanol–water partition coefficient (Wildman–Crippen LogP) is -2.83. The van der Waals surface area contributed by atoms with E-state index in [0.29, 0.717) is 0 Å². The summed E-state index contributed by atoms with van der Waals surface area (Å²) < 4.78 is 67.9. The van der Waals surface area contributed by atoms with Crippen LogP contribution in [0.4, 0.5) is 34.9 Å². The molecule has 6 aromatic heterocycles. The van der Waals surface area contributed by atoms with Crippen molar-refractivity contribution in [3.63, 3.8) is 0 Å². The van der Waals surface area contributed by atoms with Crippen molar-refractivity contribution < 1.29 is 74.2 Å². The van der Waals surface area contributed by atoms with Crippen molar-refractivity contribution in [1.29, 1.82) is 0 Å². The van der Waals surface area contributed by atoms with Crippen LogP contribution < -0.4 is 47.1 Å². The standard InChI is InChI=1S/2C15H12N4.2ClHO4.Ni/c2*1-4-10-16-13(7-1)19(14-8-2-5-11-17-14)15-9-3-6-12-18-15;2*2-1(3,4)5;/h2*1-12H;2*(H,2,3,4,5);/q;;;;+2/p-2. The minimum atomic E-state index is -4.94. The first kappa shape index (κ1) is 40.4. The molecule has 0 unspecified atom stereocenters. The normalized spacial score (nSPS) is 10.3. The number of rotatable bonds is 6. The third-order valence-electron chi connectivity index (χ3n) is 5.27. The molecule has 0 radical (unpaired) electrons. The molecular formula is C30H24Cl2N8NiO8. The molecule has 0 saturated heterocycles. The van der Waals surface area contributed by atoms with Gasteiger partial charge in [-0.3, -0.25) is 9.80 Å². The number of hydrogen-bond acceptors (Lipinski definition) is 16. The average molecular weight is 754 g/mol. The molecule has 6 aromatic rings. The van der Waals surface area contributed by atoms with Crippen LogP contribution in [-0.4, -0.2) is 29.9 Å². The SMILES string of the molecule is [Ni+2].[O-][Cl+3]([O-])([O-])[O-].[O-][Cl+3]([O-])([O-])[O-].c1ccc(N(c2ccccn2)c2ccccn2)nc1.c1ccc(N(c2ccccn2)c2ccccn2)nc1. The average Bonchev–Trinajstić information content (AvgIpc) is 3.07. The van der Waals surface area contributed by atoms with Gasteiger partial charge in [0.15, 0.2) is 0 Å². The van der Waals surface area contributed by atoms with Gasteiger partial charge in [0.1, 0.15) is 34.9 Å². The van der Waals surface area contributed by atoms with Crippen LogP contribution in [0.2, 0.25) is 0 Å². The summed E-state index contributed by atoms with van der Waals surface area (Å²) in [4.78, 5) is 30.1. The van der Waals surface area contributed by atoms with Gasteiger partial charge >= 0.3 is 16.5 Å². The quantitative estimate of drug-likeness (QED) is 0.155. The van der Waals surface area contributed by atoms with Crippen LogP contribution in [0.3, 0.4) is 0 Å². The Kier molecular flexibility index (Phi) is 17.0. The molecule has 256 valence electrons. The third-order valence-corrected chi connectivity index (χ3v) is 5.27. The first-order valence-electron chi connectivity index (χ1n) is 13.2. The van der Waals surface area contributed by atoms with E-state index in [1.165, 1.54) is 0 Å². The van der Waals surface area contributed by atoms with Gasteiger partial charge in [0, 0.05) is 37.2 Å². The monoisotopic (exact) mass is 752 g/mol. The van der Waals surface area contributed by atoms with Gasteiger partial charge in [-0.2, -0.15) is 0 Å². The zero-order valence-electron chi connectivity index (χ0n) is 24.8. The van der Waals surface area contributed by atoms with Crippen LogP contribution in [0.5, 0.6) is 0 Å². The van der Waals surface area contributed by atoms with Crippen LogP contribution in [0.15, 0.2) is 146 Å². The van der Waals surface area contributed by atoms with Gasteiger partial charge in [-0.1, -0.05) is 36.4 Å². The van der Waals surface area contributed by atoms with Gasteiger partial charge in [-0.15, -0.1) is 20.5 Å². The van der Waals surface area contributed by atoms with Gasteiger partial charge in [-0.25, -0.2) is 67.2 Å². The maximum atomic E-state index is 8.49. The molecule has 0 aliphatic rings. The molecule has 0 fully saturated rings. The maximum Gasteiger partial charge on any atom is 2.00 e. The molecule has 0 atom stereocenters. The van der Waals surface area contributed by atoms with Crippen LogP contribution in [0.25, 0.3) is 0 Å². The van der Waals surface area contributed by atoms with E-state index in [9.17, 15) is 0 Å². The second-order valence-electron chi connectivity index (χ2n) is 8.55. The number of nitrogens with zero attached hydrogens (tertiary/aromatic N) is 8. The molecule has 0 N–H and O–H groups in total. The smallest absolute Gasteiger partial charge is 0.262 e. The maximum absolute atomic E-state index is 8.49. The summed E-state index contributed by atoms with van der Waals surface area (Å²) in [6, 6.07) is 34.6. The Morgan fingerprint density at radius 2 is 0.449 bits per heavy atom. The van der Waals surface area contributed by atoms with E-state index in [4.69, 9.17) is 37.3 Å². The molecule has 49 heavy (non-hydrogen) atoms. The van der Waals surface area contributed by atoms with Gasteiger partial charge < -0.3 is 0 Å². The van der Waals surface area contributed by atoms with Crippen LogP contribution in [-0.2, 0) is 16.5 Å². The van der Waals surface area contributed by atoms with E-state index in [-0.39, 0.29) is 16.5 Å². The Morgan fingerprint density at radius 3 is 0.551 bits per heavy atom. The summed E-state index contributed by atoms with van der Waals surface area (Å²) in [5, 5.41) is 0. The molecule has 0 saturated carbocycles. The first-order valence-corrected chi connectivity index (χ1v) is 15.7. The first-order chi connectivity index (χ1) is 22.9. The Labute approximate surface area is 294 Å². The van der Waals surface area contributed by atoms with Crippen molar-refractivity contribution in [2.45, 2.75) is 0 Å². The molecule has 0 aliphatic heterocycles. The third kappa shape index (κ3) is 16.3. The number of pyridine rings is 6. The van der Waals surface area contributed by atoms with Crippen molar-refractivity contribution >= 4 is 34.9 Å². The van der Waals surface area contributed by atoms with E-state index >= 15 is 0 Å². The van der Waals surface area contributed by atoms with Crippen molar-refractivity contribution in [3.05, 3.63) is 146 Å². The Hall–Kier alpha value is -4.75. The van der Waals surface area contributed by atoms with E-state index in [1.807, 2.05) is 119 Å². The fraction of sp³-hybridized carbons (Fsp3) is 0. The molecule has 19 heteroatoms. The molecule has 6 rings (SSSR count). The van der Waals surface area contributed by atoms with Gasteiger partial charge in [-0.05, 0) is 72.8 Å². The van der Waals surface area contributed by atoms with E-state index in [1.54, 1.807) is 37.2 Å². The molecule has 0 spiro atoms. The van der Waals surface area contributed by atoms with Crippen molar-refractivity contribution in [3.8, 4) is 0 Å². The predicted molar refractivity (Wildman–Crippen MR) is 149 cm³/mol. The number of aromatic nitrogens is 6. The van der Waals surface area contributed by atoms with E-state index in [0.717, 1.165) is 34.9 Å². The van der Waals surface area contributed by atoms with E-state index < -0.39 is 20.5 Å². The summed E-state index contributed by atoms with van der Waals surface area (Å²) in [7, 11) is -9.89. The summed E-state index contributed by atoms with van der Waals surface area (Å²) in [5.74, 6) is 4.75. The second-order valence-corrected chi connectivity index (χ2v) is 10.1. The zero-order chi connectivity index (χ0) is 34.8. The summed E-state index contributed by atoms with van der Waals surface area (Å²) in [5.41, 5.74) is 0. The van der Waals surface area contributed by atoms with Crippen molar-refractivity contribution in [1.82, 2.24) is 29.9 Å². The Morgan fingerprint density at radius 1 is 0.306 bits per heavy atom. The zero-order valence-corrected chi connectivity index (χ0v) is 27.3. The largest absolute Gasteiger partial charge is 2.00 e. The fourth-order valence-corrected chi connectivity index (χ4v) is 3.62. The summed E-state index contributed by atoms with van der Waals surface area (Å²) >= 11 is 0. The summed E-state index contributed by atoms with van der Waals surface area (Å²) in [6.45, 7) is 0. The van der Waals surface area contributed by atoms with Crippen molar-refractivity contribution in [2.24, 2.45) is 0 Å². The number of anilines is 6. The molecule has 0 aliphatic carbocycles. The molecular weight excluding hydrogens is 730 g/mol. The number of halogens is 2. The Bertz CT molecular complexity index is 1390. The Balaban J connectivity index is 0.000000264. The fourth-order valence-electron chi connectivity index (χ4n) is 3.62. The molecule has 0 aromatic carbocycles. The van der Waals surface area contributed by atoms with Gasteiger partial charge in [0.2, 0.25) is 0 Å². The van der Waals surface area contributed by atoms with Crippen LogP contribution in [0.1, 0.15) is 0 Å². The number of hydrogen-bond donors (Lipinski definition) is 0. The van der Waals surface area contributed by atoms with Crippen LogP contribution >= 0.6 is 0 Å². The second kappa shape index (κ2) is 20.6. The van der Waals surface area contributed by atoms with Gasteiger partial charge in [0.05, 0.1) is 0 Å². The van der Waals surface area contributed by atoms with Gasteiger partial charge in [0.25, 0.3) is 0 Å².